The predicted molar refractivity (Wildman–Crippen MR) is 101 cm³/mol. The van der Waals surface area contributed by atoms with Crippen LogP contribution in [-0.4, -0.2) is 42.5 Å². The third-order valence-electron chi connectivity index (χ3n) is 4.72. The Kier molecular flexibility index (Phi) is 7.59. The third kappa shape index (κ3) is 4.71. The van der Waals surface area contributed by atoms with E-state index in [1.54, 1.807) is 29.2 Å². The molecule has 1 aromatic heterocycles. The topological polar surface area (TPSA) is 77.4 Å². The molecule has 0 saturated carbocycles. The van der Waals surface area contributed by atoms with Crippen molar-refractivity contribution in [3.63, 3.8) is 0 Å². The van der Waals surface area contributed by atoms with Gasteiger partial charge in [0.25, 0.3) is 0 Å². The van der Waals surface area contributed by atoms with Crippen LogP contribution in [0.4, 0.5) is 8.78 Å². The Bertz CT molecular complexity index is 768. The first-order valence-electron chi connectivity index (χ1n) is 8.66. The molecule has 0 unspecified atom stereocenters. The van der Waals surface area contributed by atoms with Crippen molar-refractivity contribution in [2.24, 2.45) is 0 Å². The molecule has 28 heavy (non-hydrogen) atoms. The number of ether oxygens (including phenoxy) is 2. The number of piperidine rings is 1. The van der Waals surface area contributed by atoms with Crippen LogP contribution >= 0.6 is 12.4 Å². The normalized spacial score (nSPS) is 15.6. The van der Waals surface area contributed by atoms with Crippen LogP contribution in [0.5, 0.6) is 11.5 Å². The molecule has 2 N–H and O–H groups in total. The Morgan fingerprint density at radius 3 is 2.75 bits per heavy atom. The zero-order valence-corrected chi connectivity index (χ0v) is 16.2. The predicted octanol–water partition coefficient (Wildman–Crippen LogP) is 2.31. The van der Waals surface area contributed by atoms with Crippen molar-refractivity contribution in [2.75, 3.05) is 20.2 Å². The summed E-state index contributed by atoms with van der Waals surface area (Å²) in [5.74, 6) is 0.285. The molecule has 154 valence electrons. The quantitative estimate of drug-likeness (QED) is 0.724. The summed E-state index contributed by atoms with van der Waals surface area (Å²) in [4.78, 5) is 13.1. The summed E-state index contributed by atoms with van der Waals surface area (Å²) in [6, 6.07) is 6.27. The van der Waals surface area contributed by atoms with Gasteiger partial charge in [-0.05, 0) is 50.2 Å². The number of methoxy groups -OCH3 is 1. The molecule has 3 rings (SSSR count). The van der Waals surface area contributed by atoms with Gasteiger partial charge in [0, 0.05) is 24.5 Å². The Labute approximate surface area is 167 Å². The van der Waals surface area contributed by atoms with E-state index in [2.05, 4.69) is 20.5 Å². The molecule has 0 radical (unpaired) electrons. The fraction of sp³-hybridized carbons (Fsp3) is 0.444. The zero-order chi connectivity index (χ0) is 19.3. The molecule has 7 nitrogen and oxygen atoms in total. The number of aromatic nitrogens is 2. The van der Waals surface area contributed by atoms with Crippen molar-refractivity contribution in [1.29, 1.82) is 0 Å². The van der Waals surface area contributed by atoms with Crippen LogP contribution in [0.2, 0.25) is 0 Å². The molecule has 1 saturated heterocycles. The molecule has 1 fully saturated rings. The summed E-state index contributed by atoms with van der Waals surface area (Å²) in [5.41, 5.74) is -0.398. The number of hydrogen-bond donors (Lipinski definition) is 2. The molecule has 1 aliphatic heterocycles. The smallest absolute Gasteiger partial charge is 0.387 e. The summed E-state index contributed by atoms with van der Waals surface area (Å²) in [6.07, 6.45) is 4.56. The molecule has 0 bridgehead atoms. The Balaban J connectivity index is 0.00000280. The van der Waals surface area contributed by atoms with Gasteiger partial charge in [-0.1, -0.05) is 0 Å². The molecule has 0 aliphatic carbocycles. The number of benzene rings is 1. The van der Waals surface area contributed by atoms with Crippen molar-refractivity contribution in [2.45, 2.75) is 31.5 Å². The molecular formula is C18H23ClF2N4O3. The van der Waals surface area contributed by atoms with Gasteiger partial charge in [-0.25, -0.2) is 0 Å². The number of carbonyl (C=O) groups excluding carboxylic acids is 1. The van der Waals surface area contributed by atoms with E-state index in [1.165, 1.54) is 19.2 Å². The van der Waals surface area contributed by atoms with E-state index < -0.39 is 12.2 Å². The van der Waals surface area contributed by atoms with E-state index in [9.17, 15) is 13.6 Å². The number of hydrogen-bond acceptors (Lipinski definition) is 5. The highest BCUT2D eigenvalue weighted by Gasteiger charge is 2.41. The number of nitrogens with zero attached hydrogens (tertiary/aromatic N) is 2. The van der Waals surface area contributed by atoms with E-state index in [-0.39, 0.29) is 30.6 Å². The molecule has 1 aromatic carbocycles. The SMILES string of the molecule is COc1ccc(OC(F)F)c(CNC(=O)C2(n3cccn3)CCNCC2)c1.Cl. The maximum Gasteiger partial charge on any atom is 0.387 e. The maximum absolute atomic E-state index is 13.1. The van der Waals surface area contributed by atoms with E-state index in [4.69, 9.17) is 4.74 Å². The number of rotatable bonds is 7. The first kappa shape index (κ1) is 21.9. The summed E-state index contributed by atoms with van der Waals surface area (Å²) >= 11 is 0. The van der Waals surface area contributed by atoms with Gasteiger partial charge < -0.3 is 20.1 Å². The van der Waals surface area contributed by atoms with Crippen LogP contribution in [0.3, 0.4) is 0 Å². The number of amides is 1. The highest BCUT2D eigenvalue weighted by Crippen LogP contribution is 2.29. The van der Waals surface area contributed by atoms with Crippen LogP contribution in [0.15, 0.2) is 36.7 Å². The van der Waals surface area contributed by atoms with E-state index in [0.29, 0.717) is 37.2 Å². The van der Waals surface area contributed by atoms with Crippen LogP contribution in [0.25, 0.3) is 0 Å². The Hall–Kier alpha value is -2.39. The molecule has 2 aromatic rings. The minimum absolute atomic E-state index is 0. The second-order valence-corrected chi connectivity index (χ2v) is 6.27. The number of alkyl halides is 2. The van der Waals surface area contributed by atoms with Crippen LogP contribution < -0.4 is 20.1 Å². The van der Waals surface area contributed by atoms with Crippen molar-refractivity contribution >= 4 is 18.3 Å². The third-order valence-corrected chi connectivity index (χ3v) is 4.72. The standard InChI is InChI=1S/C18H22F2N4O3.ClH/c1-26-14-3-4-15(27-17(19)20)13(11-14)12-22-16(25)18(5-8-21-9-6-18)24-10-2-7-23-24;/h2-4,7,10-11,17,21H,5-6,8-9,12H2,1H3,(H,22,25);1H. The second kappa shape index (κ2) is 9.70. The van der Waals surface area contributed by atoms with Gasteiger partial charge >= 0.3 is 6.61 Å². The highest BCUT2D eigenvalue weighted by molar-refractivity contribution is 5.85. The number of halogens is 3. The monoisotopic (exact) mass is 416 g/mol. The lowest BCUT2D eigenvalue weighted by molar-refractivity contribution is -0.132. The van der Waals surface area contributed by atoms with Gasteiger partial charge in [-0.3, -0.25) is 9.48 Å². The minimum Gasteiger partial charge on any atom is -0.497 e. The van der Waals surface area contributed by atoms with Gasteiger partial charge in [0.2, 0.25) is 5.91 Å². The maximum atomic E-state index is 13.1. The van der Waals surface area contributed by atoms with E-state index in [0.717, 1.165) is 0 Å². The van der Waals surface area contributed by atoms with E-state index >= 15 is 0 Å². The summed E-state index contributed by atoms with van der Waals surface area (Å²) in [6.45, 7) is -1.54. The lowest BCUT2D eigenvalue weighted by Crippen LogP contribution is -2.54. The van der Waals surface area contributed by atoms with Crippen molar-refractivity contribution < 1.29 is 23.0 Å². The van der Waals surface area contributed by atoms with Gasteiger partial charge in [0.05, 0.1) is 7.11 Å². The van der Waals surface area contributed by atoms with Crippen LogP contribution in [-0.2, 0) is 16.9 Å². The Morgan fingerprint density at radius 2 is 2.14 bits per heavy atom. The molecule has 1 amide bonds. The summed E-state index contributed by atoms with van der Waals surface area (Å²) < 4.78 is 36.7. The fourth-order valence-corrected chi connectivity index (χ4v) is 3.29. The molecular weight excluding hydrogens is 394 g/mol. The van der Waals surface area contributed by atoms with E-state index in [1.807, 2.05) is 0 Å². The Morgan fingerprint density at radius 1 is 1.39 bits per heavy atom. The molecule has 0 spiro atoms. The van der Waals surface area contributed by atoms with Crippen LogP contribution in [0, 0.1) is 0 Å². The lowest BCUT2D eigenvalue weighted by atomic mass is 9.87. The second-order valence-electron chi connectivity index (χ2n) is 6.27. The van der Waals surface area contributed by atoms with Crippen molar-refractivity contribution in [3.05, 3.63) is 42.2 Å². The molecule has 0 atom stereocenters. The van der Waals surface area contributed by atoms with Gasteiger partial charge in [-0.15, -0.1) is 12.4 Å². The summed E-state index contributed by atoms with van der Waals surface area (Å²) in [7, 11) is 1.48. The molecule has 2 heterocycles. The number of carbonyl (C=O) groups is 1. The fourth-order valence-electron chi connectivity index (χ4n) is 3.29. The van der Waals surface area contributed by atoms with Gasteiger partial charge in [0.1, 0.15) is 17.0 Å². The van der Waals surface area contributed by atoms with Gasteiger partial charge in [0.15, 0.2) is 0 Å². The zero-order valence-electron chi connectivity index (χ0n) is 15.4. The molecule has 1 aliphatic rings. The highest BCUT2D eigenvalue weighted by atomic mass is 35.5. The minimum atomic E-state index is -2.95. The van der Waals surface area contributed by atoms with Gasteiger partial charge in [-0.2, -0.15) is 13.9 Å². The first-order valence-corrected chi connectivity index (χ1v) is 8.66. The number of nitrogens with one attached hydrogen (secondary N) is 2. The average molecular weight is 417 g/mol. The van der Waals surface area contributed by atoms with Crippen molar-refractivity contribution in [3.8, 4) is 11.5 Å². The summed E-state index contributed by atoms with van der Waals surface area (Å²) in [5, 5.41) is 10.3. The first-order chi connectivity index (χ1) is 13.0. The average Bonchev–Trinajstić information content (AvgIpc) is 3.22. The largest absolute Gasteiger partial charge is 0.497 e. The molecule has 10 heteroatoms. The van der Waals surface area contributed by atoms with Crippen LogP contribution in [0.1, 0.15) is 18.4 Å². The van der Waals surface area contributed by atoms with Crippen molar-refractivity contribution in [1.82, 2.24) is 20.4 Å². The lowest BCUT2D eigenvalue weighted by Gasteiger charge is -2.36.